The standard InChI is InChI=1S/C23H22FN5O3/c1-27-9-8-16(13-26-27)12-25-21(30)17-6-7-20-19(11-17)22(31)29(23(32)28(20)2)14-15-4-3-5-18(24)10-15/h3-11,13,26H,12,14H2,1-2H3,(H,25,30). The zero-order valence-electron chi connectivity index (χ0n) is 17.6. The molecule has 0 spiro atoms. The number of rotatable bonds is 5. The van der Waals surface area contributed by atoms with Crippen LogP contribution in [0.2, 0.25) is 0 Å². The second-order valence-corrected chi connectivity index (χ2v) is 7.55. The van der Waals surface area contributed by atoms with E-state index in [0.717, 1.165) is 10.1 Å². The lowest BCUT2D eigenvalue weighted by atomic mass is 10.1. The smallest absolute Gasteiger partial charge is 0.331 e. The fourth-order valence-electron chi connectivity index (χ4n) is 3.49. The summed E-state index contributed by atoms with van der Waals surface area (Å²) in [7, 11) is 3.41. The molecule has 1 amide bonds. The zero-order valence-corrected chi connectivity index (χ0v) is 17.6. The molecule has 0 unspecified atom stereocenters. The van der Waals surface area contributed by atoms with E-state index in [-0.39, 0.29) is 17.8 Å². The van der Waals surface area contributed by atoms with Crippen molar-refractivity contribution in [1.82, 2.24) is 24.9 Å². The SMILES string of the molecule is CN1C=CC(CNC(=O)c2ccc3c(c2)c(=O)n(Cc2cccc(F)c2)c(=O)n3C)=CN1. The maximum atomic E-state index is 13.5. The molecule has 1 aliphatic heterocycles. The summed E-state index contributed by atoms with van der Waals surface area (Å²) < 4.78 is 15.9. The highest BCUT2D eigenvalue weighted by molar-refractivity contribution is 5.98. The molecule has 9 heteroatoms. The highest BCUT2D eigenvalue weighted by Gasteiger charge is 2.15. The topological polar surface area (TPSA) is 88.4 Å². The Balaban J connectivity index is 1.65. The van der Waals surface area contributed by atoms with E-state index in [1.807, 2.05) is 19.3 Å². The first kappa shape index (κ1) is 21.1. The lowest BCUT2D eigenvalue weighted by Crippen LogP contribution is -2.39. The van der Waals surface area contributed by atoms with Crippen LogP contribution in [-0.4, -0.2) is 33.6 Å². The Hall–Kier alpha value is -4.14. The van der Waals surface area contributed by atoms with Crippen LogP contribution in [0.5, 0.6) is 0 Å². The summed E-state index contributed by atoms with van der Waals surface area (Å²) >= 11 is 0. The third kappa shape index (κ3) is 4.18. The van der Waals surface area contributed by atoms with Crippen molar-refractivity contribution in [1.29, 1.82) is 0 Å². The van der Waals surface area contributed by atoms with E-state index in [0.29, 0.717) is 23.2 Å². The molecule has 1 aliphatic rings. The molecule has 8 nitrogen and oxygen atoms in total. The van der Waals surface area contributed by atoms with Crippen LogP contribution in [0.3, 0.4) is 0 Å². The van der Waals surface area contributed by atoms with Gasteiger partial charge in [-0.15, -0.1) is 0 Å². The summed E-state index contributed by atoms with van der Waals surface area (Å²) in [6, 6.07) is 10.4. The van der Waals surface area contributed by atoms with Crippen LogP contribution in [0.1, 0.15) is 15.9 Å². The van der Waals surface area contributed by atoms with Crippen molar-refractivity contribution in [2.45, 2.75) is 6.54 Å². The summed E-state index contributed by atoms with van der Waals surface area (Å²) in [5.74, 6) is -0.790. The van der Waals surface area contributed by atoms with E-state index in [4.69, 9.17) is 0 Å². The summed E-state index contributed by atoms with van der Waals surface area (Å²) in [5.41, 5.74) is 4.04. The summed E-state index contributed by atoms with van der Waals surface area (Å²) in [5, 5.41) is 4.82. The molecule has 0 saturated heterocycles. The number of nitrogens with zero attached hydrogens (tertiary/aromatic N) is 3. The van der Waals surface area contributed by atoms with Gasteiger partial charge in [-0.05, 0) is 47.5 Å². The van der Waals surface area contributed by atoms with Crippen molar-refractivity contribution >= 4 is 16.8 Å². The number of hydrazine groups is 1. The molecular weight excluding hydrogens is 413 g/mol. The molecule has 2 heterocycles. The van der Waals surface area contributed by atoms with Gasteiger partial charge >= 0.3 is 5.69 Å². The number of hydrogen-bond donors (Lipinski definition) is 2. The third-order valence-corrected chi connectivity index (χ3v) is 5.26. The first-order chi connectivity index (χ1) is 15.3. The Morgan fingerprint density at radius 1 is 1.12 bits per heavy atom. The summed E-state index contributed by atoms with van der Waals surface area (Å²) in [6.07, 6.45) is 5.48. The lowest BCUT2D eigenvalue weighted by molar-refractivity contribution is 0.0957. The minimum absolute atomic E-state index is 0.0719. The third-order valence-electron chi connectivity index (χ3n) is 5.26. The maximum Gasteiger partial charge on any atom is 0.331 e. The van der Waals surface area contributed by atoms with Crippen molar-refractivity contribution < 1.29 is 9.18 Å². The van der Waals surface area contributed by atoms with Gasteiger partial charge in [-0.2, -0.15) is 0 Å². The van der Waals surface area contributed by atoms with E-state index in [9.17, 15) is 18.8 Å². The molecule has 2 aromatic carbocycles. The monoisotopic (exact) mass is 435 g/mol. The Morgan fingerprint density at radius 3 is 2.66 bits per heavy atom. The van der Waals surface area contributed by atoms with Crippen LogP contribution in [0, 0.1) is 5.82 Å². The molecule has 0 bridgehead atoms. The van der Waals surface area contributed by atoms with Gasteiger partial charge in [0.1, 0.15) is 5.82 Å². The van der Waals surface area contributed by atoms with Crippen LogP contribution in [0.15, 0.2) is 76.1 Å². The maximum absolute atomic E-state index is 13.5. The molecule has 4 rings (SSSR count). The summed E-state index contributed by atoms with van der Waals surface area (Å²) in [6.45, 7) is 0.239. The second-order valence-electron chi connectivity index (χ2n) is 7.55. The number of hydrogen-bond acceptors (Lipinski definition) is 5. The van der Waals surface area contributed by atoms with Gasteiger partial charge in [-0.1, -0.05) is 12.1 Å². The predicted octanol–water partition coefficient (Wildman–Crippen LogP) is 1.46. The van der Waals surface area contributed by atoms with Crippen molar-refractivity contribution in [2.75, 3.05) is 13.6 Å². The Kier molecular flexibility index (Phi) is 5.63. The van der Waals surface area contributed by atoms with Gasteiger partial charge in [0, 0.05) is 38.6 Å². The highest BCUT2D eigenvalue weighted by Crippen LogP contribution is 2.12. The molecule has 0 atom stereocenters. The molecule has 0 radical (unpaired) electrons. The molecule has 0 aliphatic carbocycles. The molecule has 0 fully saturated rings. The van der Waals surface area contributed by atoms with Crippen LogP contribution < -0.4 is 22.0 Å². The summed E-state index contributed by atoms with van der Waals surface area (Å²) in [4.78, 5) is 38.5. The van der Waals surface area contributed by atoms with Crippen molar-refractivity contribution in [2.24, 2.45) is 7.05 Å². The predicted molar refractivity (Wildman–Crippen MR) is 119 cm³/mol. The van der Waals surface area contributed by atoms with Crippen LogP contribution >= 0.6 is 0 Å². The molecule has 1 aromatic heterocycles. The van der Waals surface area contributed by atoms with Gasteiger partial charge in [0.15, 0.2) is 0 Å². The zero-order chi connectivity index (χ0) is 22.8. The Morgan fingerprint density at radius 2 is 1.94 bits per heavy atom. The number of halogens is 1. The van der Waals surface area contributed by atoms with E-state index in [1.54, 1.807) is 36.5 Å². The number of benzene rings is 2. The van der Waals surface area contributed by atoms with E-state index in [1.165, 1.54) is 28.8 Å². The highest BCUT2D eigenvalue weighted by atomic mass is 19.1. The average Bonchev–Trinajstić information content (AvgIpc) is 2.79. The lowest BCUT2D eigenvalue weighted by Gasteiger charge is -2.19. The fourth-order valence-corrected chi connectivity index (χ4v) is 3.49. The molecular formula is C23H22FN5O3. The van der Waals surface area contributed by atoms with E-state index >= 15 is 0 Å². The van der Waals surface area contributed by atoms with Gasteiger partial charge in [-0.25, -0.2) is 9.18 Å². The number of amides is 1. The first-order valence-corrected chi connectivity index (χ1v) is 9.96. The minimum Gasteiger partial charge on any atom is -0.348 e. The molecule has 0 saturated carbocycles. The number of carbonyl (C=O) groups excluding carboxylic acids is 1. The van der Waals surface area contributed by atoms with Crippen LogP contribution in [-0.2, 0) is 13.6 Å². The molecule has 3 aromatic rings. The number of fused-ring (bicyclic) bond motifs is 1. The van der Waals surface area contributed by atoms with Crippen molar-refractivity contribution in [3.05, 3.63) is 104 Å². The molecule has 2 N–H and O–H groups in total. The van der Waals surface area contributed by atoms with Crippen LogP contribution in [0.4, 0.5) is 4.39 Å². The van der Waals surface area contributed by atoms with Gasteiger partial charge in [0.05, 0.1) is 17.4 Å². The van der Waals surface area contributed by atoms with Gasteiger partial charge in [-0.3, -0.25) is 23.7 Å². The van der Waals surface area contributed by atoms with E-state index in [2.05, 4.69) is 10.7 Å². The van der Waals surface area contributed by atoms with Gasteiger partial charge in [0.25, 0.3) is 11.5 Å². The van der Waals surface area contributed by atoms with E-state index < -0.39 is 17.1 Å². The average molecular weight is 435 g/mol. The van der Waals surface area contributed by atoms with Crippen molar-refractivity contribution in [3.8, 4) is 0 Å². The Bertz CT molecular complexity index is 1390. The molecule has 164 valence electrons. The minimum atomic E-state index is -0.535. The van der Waals surface area contributed by atoms with Crippen LogP contribution in [0.25, 0.3) is 10.9 Å². The number of carbonyl (C=O) groups is 1. The molecule has 32 heavy (non-hydrogen) atoms. The number of aromatic nitrogens is 2. The Labute approximate surface area is 182 Å². The normalized spacial score (nSPS) is 13.1. The van der Waals surface area contributed by atoms with Gasteiger partial charge in [0.2, 0.25) is 0 Å². The largest absolute Gasteiger partial charge is 0.348 e. The van der Waals surface area contributed by atoms with Crippen molar-refractivity contribution in [3.63, 3.8) is 0 Å². The number of aryl methyl sites for hydroxylation is 1. The quantitative estimate of drug-likeness (QED) is 0.634. The second kappa shape index (κ2) is 8.54. The number of nitrogens with one attached hydrogen (secondary N) is 2. The fraction of sp³-hybridized carbons (Fsp3) is 0.174. The first-order valence-electron chi connectivity index (χ1n) is 9.96. The van der Waals surface area contributed by atoms with Gasteiger partial charge < -0.3 is 10.7 Å².